The molecular formula is C16H20BrNO3. The number of aliphatic carboxylic acids is 1. The molecule has 1 aromatic carbocycles. The van der Waals surface area contributed by atoms with E-state index < -0.39 is 17.8 Å². The van der Waals surface area contributed by atoms with Crippen molar-refractivity contribution in [1.82, 2.24) is 5.32 Å². The molecule has 0 radical (unpaired) electrons. The number of hydrogen-bond acceptors (Lipinski definition) is 2. The minimum absolute atomic E-state index is 0.144. The predicted octanol–water partition coefficient (Wildman–Crippen LogP) is 3.20. The van der Waals surface area contributed by atoms with Crippen molar-refractivity contribution in [2.24, 2.45) is 17.8 Å². The number of hydrogen-bond donors (Lipinski definition) is 2. The average molecular weight is 354 g/mol. The first-order valence-electron chi connectivity index (χ1n) is 7.26. The van der Waals surface area contributed by atoms with Crippen LogP contribution in [0, 0.1) is 17.8 Å². The SMILES string of the molecule is CCC1CC(C(=O)O)C(C(=O)NCc2ccccc2Br)C1. The Labute approximate surface area is 133 Å². The van der Waals surface area contributed by atoms with Crippen molar-refractivity contribution in [3.05, 3.63) is 34.3 Å². The lowest BCUT2D eigenvalue weighted by atomic mass is 9.95. The maximum Gasteiger partial charge on any atom is 0.307 e. The van der Waals surface area contributed by atoms with Crippen LogP contribution >= 0.6 is 15.9 Å². The van der Waals surface area contributed by atoms with Gasteiger partial charge < -0.3 is 10.4 Å². The normalized spacial score (nSPS) is 24.8. The number of carboxylic acids is 1. The lowest BCUT2D eigenvalue weighted by Gasteiger charge is -2.16. The molecule has 5 heteroatoms. The maximum absolute atomic E-state index is 12.3. The summed E-state index contributed by atoms with van der Waals surface area (Å²) in [5, 5.41) is 12.2. The molecule has 1 fully saturated rings. The highest BCUT2D eigenvalue weighted by atomic mass is 79.9. The van der Waals surface area contributed by atoms with E-state index in [4.69, 9.17) is 0 Å². The molecule has 0 saturated heterocycles. The van der Waals surface area contributed by atoms with Gasteiger partial charge in [-0.15, -0.1) is 0 Å². The second-order valence-electron chi connectivity index (χ2n) is 5.61. The molecule has 114 valence electrons. The Morgan fingerprint density at radius 2 is 1.95 bits per heavy atom. The smallest absolute Gasteiger partial charge is 0.307 e. The summed E-state index contributed by atoms with van der Waals surface area (Å²) >= 11 is 3.44. The highest BCUT2D eigenvalue weighted by Crippen LogP contribution is 2.38. The molecule has 1 aliphatic carbocycles. The summed E-state index contributed by atoms with van der Waals surface area (Å²) in [4.78, 5) is 23.6. The van der Waals surface area contributed by atoms with Crippen molar-refractivity contribution < 1.29 is 14.7 Å². The van der Waals surface area contributed by atoms with E-state index in [1.54, 1.807) is 0 Å². The fourth-order valence-electron chi connectivity index (χ4n) is 2.99. The number of benzene rings is 1. The van der Waals surface area contributed by atoms with Gasteiger partial charge in [-0.1, -0.05) is 47.5 Å². The van der Waals surface area contributed by atoms with Crippen LogP contribution in [0.15, 0.2) is 28.7 Å². The maximum atomic E-state index is 12.3. The minimum Gasteiger partial charge on any atom is -0.481 e. The zero-order chi connectivity index (χ0) is 15.4. The van der Waals surface area contributed by atoms with E-state index in [0.717, 1.165) is 16.5 Å². The second-order valence-corrected chi connectivity index (χ2v) is 6.46. The summed E-state index contributed by atoms with van der Waals surface area (Å²) in [6.45, 7) is 2.46. The van der Waals surface area contributed by atoms with E-state index in [1.807, 2.05) is 31.2 Å². The van der Waals surface area contributed by atoms with Crippen LogP contribution in [0.1, 0.15) is 31.7 Å². The first-order chi connectivity index (χ1) is 10.0. The van der Waals surface area contributed by atoms with Gasteiger partial charge in [-0.3, -0.25) is 9.59 Å². The summed E-state index contributed by atoms with van der Waals surface area (Å²) < 4.78 is 0.943. The number of rotatable bonds is 5. The molecule has 0 aromatic heterocycles. The molecule has 0 heterocycles. The third kappa shape index (κ3) is 3.84. The molecule has 2 rings (SSSR count). The van der Waals surface area contributed by atoms with E-state index in [-0.39, 0.29) is 5.91 Å². The van der Waals surface area contributed by atoms with Crippen LogP contribution in [-0.2, 0) is 16.1 Å². The molecule has 1 saturated carbocycles. The molecule has 1 aromatic rings. The summed E-state index contributed by atoms with van der Waals surface area (Å²) in [5.74, 6) is -1.62. The van der Waals surface area contributed by atoms with Gasteiger partial charge in [0.25, 0.3) is 0 Å². The monoisotopic (exact) mass is 353 g/mol. The van der Waals surface area contributed by atoms with E-state index in [2.05, 4.69) is 21.2 Å². The fraction of sp³-hybridized carbons (Fsp3) is 0.500. The van der Waals surface area contributed by atoms with Gasteiger partial charge in [-0.25, -0.2) is 0 Å². The van der Waals surface area contributed by atoms with Gasteiger partial charge >= 0.3 is 5.97 Å². The largest absolute Gasteiger partial charge is 0.481 e. The zero-order valence-corrected chi connectivity index (χ0v) is 13.6. The van der Waals surface area contributed by atoms with Gasteiger partial charge in [-0.2, -0.15) is 0 Å². The number of amides is 1. The number of carboxylic acid groups (broad SMARTS) is 1. The zero-order valence-electron chi connectivity index (χ0n) is 12.0. The first kappa shape index (κ1) is 16.0. The summed E-state index contributed by atoms with van der Waals surface area (Å²) in [5.41, 5.74) is 0.989. The third-order valence-corrected chi connectivity index (χ3v) is 5.08. The minimum atomic E-state index is -0.855. The van der Waals surface area contributed by atoms with Gasteiger partial charge in [0.1, 0.15) is 0 Å². The van der Waals surface area contributed by atoms with Gasteiger partial charge in [-0.05, 0) is 30.4 Å². The highest BCUT2D eigenvalue weighted by molar-refractivity contribution is 9.10. The third-order valence-electron chi connectivity index (χ3n) is 4.30. The van der Waals surface area contributed by atoms with E-state index >= 15 is 0 Å². The van der Waals surface area contributed by atoms with E-state index in [9.17, 15) is 14.7 Å². The van der Waals surface area contributed by atoms with Crippen LogP contribution in [-0.4, -0.2) is 17.0 Å². The van der Waals surface area contributed by atoms with Crippen LogP contribution in [0.3, 0.4) is 0 Å². The topological polar surface area (TPSA) is 66.4 Å². The molecule has 0 bridgehead atoms. The lowest BCUT2D eigenvalue weighted by Crippen LogP contribution is -2.35. The van der Waals surface area contributed by atoms with Crippen LogP contribution < -0.4 is 5.32 Å². The lowest BCUT2D eigenvalue weighted by molar-refractivity contribution is -0.146. The molecular weight excluding hydrogens is 334 g/mol. The van der Waals surface area contributed by atoms with Crippen LogP contribution in [0.4, 0.5) is 0 Å². The van der Waals surface area contributed by atoms with Crippen molar-refractivity contribution >= 4 is 27.8 Å². The molecule has 2 N–H and O–H groups in total. The average Bonchev–Trinajstić information content (AvgIpc) is 2.90. The standard InChI is InChI=1S/C16H20BrNO3/c1-2-10-7-12(13(8-10)16(20)21)15(19)18-9-11-5-3-4-6-14(11)17/h3-6,10,12-13H,2,7-9H2,1H3,(H,18,19)(H,20,21). The summed E-state index contributed by atoms with van der Waals surface area (Å²) in [6, 6.07) is 7.68. The Bertz CT molecular complexity index is 532. The van der Waals surface area contributed by atoms with Gasteiger partial charge in [0, 0.05) is 11.0 Å². The predicted molar refractivity (Wildman–Crippen MR) is 83.6 cm³/mol. The number of carbonyl (C=O) groups is 2. The quantitative estimate of drug-likeness (QED) is 0.853. The molecule has 3 atom stereocenters. The van der Waals surface area contributed by atoms with E-state index in [0.29, 0.717) is 25.3 Å². The van der Waals surface area contributed by atoms with Crippen molar-refractivity contribution in [2.45, 2.75) is 32.7 Å². The van der Waals surface area contributed by atoms with Crippen molar-refractivity contribution in [3.8, 4) is 0 Å². The molecule has 0 aliphatic heterocycles. The van der Waals surface area contributed by atoms with Crippen LogP contribution in [0.25, 0.3) is 0 Å². The van der Waals surface area contributed by atoms with Crippen LogP contribution in [0.2, 0.25) is 0 Å². The van der Waals surface area contributed by atoms with Gasteiger partial charge in [0.15, 0.2) is 0 Å². The Morgan fingerprint density at radius 3 is 2.57 bits per heavy atom. The molecule has 3 unspecified atom stereocenters. The molecule has 1 aliphatic rings. The first-order valence-corrected chi connectivity index (χ1v) is 8.06. The van der Waals surface area contributed by atoms with E-state index in [1.165, 1.54) is 0 Å². The van der Waals surface area contributed by atoms with Crippen LogP contribution in [0.5, 0.6) is 0 Å². The Balaban J connectivity index is 1.99. The van der Waals surface area contributed by atoms with Crippen molar-refractivity contribution in [3.63, 3.8) is 0 Å². The Kier molecular flexibility index (Phi) is 5.39. The Hall–Kier alpha value is -1.36. The summed E-state index contributed by atoms with van der Waals surface area (Å²) in [6.07, 6.45) is 2.21. The summed E-state index contributed by atoms with van der Waals surface area (Å²) in [7, 11) is 0. The Morgan fingerprint density at radius 1 is 1.29 bits per heavy atom. The van der Waals surface area contributed by atoms with Gasteiger partial charge in [0.05, 0.1) is 11.8 Å². The van der Waals surface area contributed by atoms with Crippen molar-refractivity contribution in [1.29, 1.82) is 0 Å². The molecule has 0 spiro atoms. The molecule has 1 amide bonds. The number of nitrogens with one attached hydrogen (secondary N) is 1. The molecule has 4 nitrogen and oxygen atoms in total. The highest BCUT2D eigenvalue weighted by Gasteiger charge is 2.41. The van der Waals surface area contributed by atoms with Crippen molar-refractivity contribution in [2.75, 3.05) is 0 Å². The number of halogens is 1. The fourth-order valence-corrected chi connectivity index (χ4v) is 3.42. The molecule has 21 heavy (non-hydrogen) atoms. The van der Waals surface area contributed by atoms with Gasteiger partial charge in [0.2, 0.25) is 5.91 Å². The second kappa shape index (κ2) is 7.07. The number of carbonyl (C=O) groups excluding carboxylic acids is 1.